The van der Waals surface area contributed by atoms with Gasteiger partial charge < -0.3 is 14.7 Å². The molecule has 2 aromatic rings. The maximum absolute atomic E-state index is 12.6. The third kappa shape index (κ3) is 3.10. The lowest BCUT2D eigenvalue weighted by Gasteiger charge is -2.28. The van der Waals surface area contributed by atoms with Gasteiger partial charge in [-0.3, -0.25) is 9.59 Å². The smallest absolute Gasteiger partial charge is 0.417 e. The molecule has 0 aliphatic carbocycles. The lowest BCUT2D eigenvalue weighted by molar-refractivity contribution is 0.0233. The third-order valence-corrected chi connectivity index (χ3v) is 3.66. The molecule has 0 radical (unpaired) electrons. The average Bonchev–Trinajstić information content (AvgIpc) is 2.90. The molecule has 1 aliphatic rings. The second-order valence-corrected chi connectivity index (χ2v) is 6.70. The number of carbonyl (C=O) groups excluding carboxylic acids is 2. The number of ether oxygens (including phenoxy) is 1. The Balaban J connectivity index is 1.89. The van der Waals surface area contributed by atoms with Crippen molar-refractivity contribution >= 4 is 12.0 Å². The Hall–Kier alpha value is -2.83. The fourth-order valence-corrected chi connectivity index (χ4v) is 2.61. The molecule has 3 heterocycles. The van der Waals surface area contributed by atoms with E-state index in [0.717, 1.165) is 10.6 Å². The minimum absolute atomic E-state index is 0.221. The Labute approximate surface area is 138 Å². The molecule has 0 saturated carbocycles. The van der Waals surface area contributed by atoms with Crippen LogP contribution in [0.1, 0.15) is 36.8 Å². The van der Waals surface area contributed by atoms with Gasteiger partial charge in [0.2, 0.25) is 5.56 Å². The van der Waals surface area contributed by atoms with Crippen molar-refractivity contribution in [3.05, 3.63) is 46.0 Å². The fraction of sp³-hybridized carbons (Fsp3) is 0.353. The van der Waals surface area contributed by atoms with E-state index in [9.17, 15) is 14.4 Å². The summed E-state index contributed by atoms with van der Waals surface area (Å²) in [6, 6.07) is 4.87. The minimum Gasteiger partial charge on any atom is -0.443 e. The molecule has 126 valence electrons. The molecule has 7 heteroatoms. The molecule has 2 amide bonds. The Bertz CT molecular complexity index is 857. The summed E-state index contributed by atoms with van der Waals surface area (Å²) in [5.41, 5.74) is 1.67. The van der Waals surface area contributed by atoms with E-state index in [1.807, 2.05) is 0 Å². The number of H-pyrrole nitrogens is 2. The first-order chi connectivity index (χ1) is 11.2. The molecule has 1 aliphatic heterocycles. The van der Waals surface area contributed by atoms with Crippen LogP contribution in [-0.2, 0) is 11.2 Å². The maximum Gasteiger partial charge on any atom is 0.417 e. The van der Waals surface area contributed by atoms with Crippen molar-refractivity contribution in [3.8, 4) is 11.3 Å². The highest BCUT2D eigenvalue weighted by molar-refractivity contribution is 6.05. The van der Waals surface area contributed by atoms with Crippen molar-refractivity contribution < 1.29 is 14.3 Å². The summed E-state index contributed by atoms with van der Waals surface area (Å²) in [7, 11) is 0. The van der Waals surface area contributed by atoms with Crippen LogP contribution in [0.3, 0.4) is 0 Å². The average molecular weight is 329 g/mol. The zero-order valence-electron chi connectivity index (χ0n) is 13.8. The summed E-state index contributed by atoms with van der Waals surface area (Å²) < 4.78 is 5.28. The van der Waals surface area contributed by atoms with Crippen molar-refractivity contribution in [2.45, 2.75) is 32.8 Å². The normalized spacial score (nSPS) is 14.5. The first-order valence-electron chi connectivity index (χ1n) is 7.70. The molecule has 7 nitrogen and oxygen atoms in total. The number of fused-ring (bicyclic) bond motifs is 1. The lowest BCUT2D eigenvalue weighted by atomic mass is 10.1. The number of hydrogen-bond acceptors (Lipinski definition) is 4. The highest BCUT2D eigenvalue weighted by Gasteiger charge is 2.33. The van der Waals surface area contributed by atoms with Gasteiger partial charge in [-0.25, -0.2) is 9.69 Å². The van der Waals surface area contributed by atoms with Gasteiger partial charge in [0.1, 0.15) is 5.60 Å². The number of hydrogen-bond donors (Lipinski definition) is 2. The Kier molecular flexibility index (Phi) is 3.79. The maximum atomic E-state index is 12.6. The van der Waals surface area contributed by atoms with Crippen molar-refractivity contribution in [2.75, 3.05) is 6.54 Å². The zero-order valence-corrected chi connectivity index (χ0v) is 13.8. The largest absolute Gasteiger partial charge is 0.443 e. The summed E-state index contributed by atoms with van der Waals surface area (Å²) in [5, 5.41) is 0. The Morgan fingerprint density at radius 3 is 2.67 bits per heavy atom. The Morgan fingerprint density at radius 2 is 2.00 bits per heavy atom. The molecular weight excluding hydrogens is 310 g/mol. The molecule has 0 bridgehead atoms. The molecule has 24 heavy (non-hydrogen) atoms. The number of imide groups is 1. The second kappa shape index (κ2) is 5.67. The molecule has 0 aromatic carbocycles. The van der Waals surface area contributed by atoms with E-state index in [4.69, 9.17) is 4.74 Å². The highest BCUT2D eigenvalue weighted by Crippen LogP contribution is 2.26. The first-order valence-corrected chi connectivity index (χ1v) is 7.70. The van der Waals surface area contributed by atoms with Crippen LogP contribution >= 0.6 is 0 Å². The topological polar surface area (TPSA) is 95.3 Å². The lowest BCUT2D eigenvalue weighted by Crippen LogP contribution is -2.44. The van der Waals surface area contributed by atoms with Gasteiger partial charge in [0.25, 0.3) is 5.91 Å². The number of aromatic amines is 2. The van der Waals surface area contributed by atoms with Crippen LogP contribution in [0.15, 0.2) is 29.2 Å². The molecule has 3 rings (SSSR count). The fourth-order valence-electron chi connectivity index (χ4n) is 2.61. The van der Waals surface area contributed by atoms with Crippen LogP contribution in [0.4, 0.5) is 4.79 Å². The van der Waals surface area contributed by atoms with Crippen LogP contribution in [0, 0.1) is 0 Å². The van der Waals surface area contributed by atoms with E-state index in [0.29, 0.717) is 23.2 Å². The van der Waals surface area contributed by atoms with Crippen LogP contribution in [0.5, 0.6) is 0 Å². The van der Waals surface area contributed by atoms with Crippen molar-refractivity contribution in [2.24, 2.45) is 0 Å². The van der Waals surface area contributed by atoms with Crippen LogP contribution in [0.2, 0.25) is 0 Å². The van der Waals surface area contributed by atoms with E-state index in [-0.39, 0.29) is 12.1 Å². The van der Waals surface area contributed by atoms with Crippen LogP contribution in [0.25, 0.3) is 11.3 Å². The number of aromatic nitrogens is 2. The molecule has 0 spiro atoms. The molecule has 2 aromatic heterocycles. The SMILES string of the molecule is CC(C)(C)OC(=O)N1CCc2[nH]c(-c3cc[nH]c(=O)c3)cc2C1=O. The van der Waals surface area contributed by atoms with Crippen LogP contribution in [-0.4, -0.2) is 39.0 Å². The molecule has 0 atom stereocenters. The number of carbonyl (C=O) groups is 2. The predicted molar refractivity (Wildman–Crippen MR) is 87.8 cm³/mol. The Morgan fingerprint density at radius 1 is 1.25 bits per heavy atom. The predicted octanol–water partition coefficient (Wildman–Crippen LogP) is 2.30. The van der Waals surface area contributed by atoms with Gasteiger partial charge in [0.05, 0.1) is 5.56 Å². The van der Waals surface area contributed by atoms with Crippen molar-refractivity contribution in [3.63, 3.8) is 0 Å². The van der Waals surface area contributed by atoms with E-state index in [1.54, 1.807) is 39.1 Å². The molecule has 0 fully saturated rings. The van der Waals surface area contributed by atoms with Gasteiger partial charge in [-0.15, -0.1) is 0 Å². The molecule has 0 saturated heterocycles. The summed E-state index contributed by atoms with van der Waals surface area (Å²) in [6.45, 7) is 5.53. The minimum atomic E-state index is -0.661. The summed E-state index contributed by atoms with van der Waals surface area (Å²) in [4.78, 5) is 43.0. The van der Waals surface area contributed by atoms with E-state index in [2.05, 4.69) is 9.97 Å². The molecule has 0 unspecified atom stereocenters. The van der Waals surface area contributed by atoms with E-state index < -0.39 is 17.6 Å². The number of nitrogens with one attached hydrogen (secondary N) is 2. The number of nitrogens with zero attached hydrogens (tertiary/aromatic N) is 1. The number of rotatable bonds is 1. The van der Waals surface area contributed by atoms with Gasteiger partial charge in [0, 0.05) is 42.2 Å². The molecule has 2 N–H and O–H groups in total. The van der Waals surface area contributed by atoms with Gasteiger partial charge in [-0.2, -0.15) is 0 Å². The standard InChI is InChI=1S/C17H19N3O4/c1-17(2,3)24-16(23)20-7-5-12-11(15(20)22)9-13(19-12)10-4-6-18-14(21)8-10/h4,6,8-9,19H,5,7H2,1-3H3,(H,18,21). The third-order valence-electron chi connectivity index (χ3n) is 3.66. The first kappa shape index (κ1) is 16.0. The number of amides is 2. The zero-order chi connectivity index (χ0) is 17.5. The van der Waals surface area contributed by atoms with Crippen LogP contribution < -0.4 is 5.56 Å². The van der Waals surface area contributed by atoms with E-state index in [1.165, 1.54) is 6.07 Å². The monoisotopic (exact) mass is 329 g/mol. The summed E-state index contributed by atoms with van der Waals surface area (Å²) in [5.74, 6) is -0.391. The van der Waals surface area contributed by atoms with Crippen molar-refractivity contribution in [1.82, 2.24) is 14.9 Å². The highest BCUT2D eigenvalue weighted by atomic mass is 16.6. The molecular formula is C17H19N3O4. The van der Waals surface area contributed by atoms with Crippen molar-refractivity contribution in [1.29, 1.82) is 0 Å². The quantitative estimate of drug-likeness (QED) is 0.839. The second-order valence-electron chi connectivity index (χ2n) is 6.70. The van der Waals surface area contributed by atoms with Gasteiger partial charge in [-0.05, 0) is 32.9 Å². The van der Waals surface area contributed by atoms with Gasteiger partial charge >= 0.3 is 6.09 Å². The van der Waals surface area contributed by atoms with Gasteiger partial charge in [0.15, 0.2) is 0 Å². The number of pyridine rings is 1. The van der Waals surface area contributed by atoms with Gasteiger partial charge in [-0.1, -0.05) is 0 Å². The van der Waals surface area contributed by atoms with E-state index >= 15 is 0 Å². The summed E-state index contributed by atoms with van der Waals surface area (Å²) >= 11 is 0. The summed E-state index contributed by atoms with van der Waals surface area (Å²) in [6.07, 6.45) is 1.42.